The number of rotatable bonds is 9. The van der Waals surface area contributed by atoms with Gasteiger partial charge in [-0.25, -0.2) is 0 Å². The molecule has 45 heavy (non-hydrogen) atoms. The van der Waals surface area contributed by atoms with Crippen LogP contribution in [-0.2, 0) is 14.3 Å². The molecule has 10 heteroatoms. The van der Waals surface area contributed by atoms with E-state index in [9.17, 15) is 24.7 Å². The van der Waals surface area contributed by atoms with E-state index in [1.807, 2.05) is 30.3 Å². The predicted octanol–water partition coefficient (Wildman–Crippen LogP) is 4.94. The monoisotopic (exact) mass is 719 g/mol. The number of anilines is 1. The van der Waals surface area contributed by atoms with Crippen molar-refractivity contribution in [2.45, 2.75) is 38.7 Å². The molecule has 3 aromatic carbocycles. The number of fused-ring (bicyclic) bond motifs is 3. The van der Waals surface area contributed by atoms with Gasteiger partial charge in [0.1, 0.15) is 0 Å². The molecule has 0 radical (unpaired) electrons. The maximum atomic E-state index is 13.9. The van der Waals surface area contributed by atoms with Crippen molar-refractivity contribution in [3.8, 4) is 11.5 Å². The summed E-state index contributed by atoms with van der Waals surface area (Å²) in [6, 6.07) is 20.2. The Labute approximate surface area is 276 Å². The molecule has 2 amide bonds. The lowest BCUT2D eigenvalue weighted by Gasteiger charge is -2.31. The zero-order chi connectivity index (χ0) is 31.8. The average Bonchev–Trinajstić information content (AvgIpc) is 3.58. The molecule has 0 bridgehead atoms. The van der Waals surface area contributed by atoms with Gasteiger partial charge in [-0.2, -0.15) is 0 Å². The zero-order valence-corrected chi connectivity index (χ0v) is 27.3. The molecule has 232 valence electrons. The second kappa shape index (κ2) is 13.1. The van der Waals surface area contributed by atoms with Gasteiger partial charge in [0.05, 0.1) is 40.9 Å². The predicted molar refractivity (Wildman–Crippen MR) is 182 cm³/mol. The van der Waals surface area contributed by atoms with Crippen molar-refractivity contribution in [1.29, 1.82) is 0 Å². The number of phenolic OH excluding ortho intramolecular Hbond substituents is 1. The number of amides is 2. The number of halogens is 1. The third-order valence-electron chi connectivity index (χ3n) is 9.29. The van der Waals surface area contributed by atoms with Gasteiger partial charge >= 0.3 is 7.12 Å². The Morgan fingerprint density at radius 1 is 1.07 bits per heavy atom. The third-order valence-corrected chi connectivity index (χ3v) is 10.1. The molecule has 3 aromatic rings. The molecule has 2 saturated heterocycles. The molecule has 0 aromatic heterocycles. The molecule has 0 spiro atoms. The molecule has 3 aliphatic rings. The second-order valence-corrected chi connectivity index (χ2v) is 12.9. The first-order valence-electron chi connectivity index (χ1n) is 15.2. The number of benzene rings is 3. The summed E-state index contributed by atoms with van der Waals surface area (Å²) >= 11 is 2.10. The maximum Gasteiger partial charge on any atom is 0.488 e. The van der Waals surface area contributed by atoms with E-state index in [1.165, 1.54) is 23.6 Å². The van der Waals surface area contributed by atoms with Gasteiger partial charge in [-0.05, 0) is 100 Å². The first kappa shape index (κ1) is 31.5. The first-order chi connectivity index (χ1) is 21.7. The van der Waals surface area contributed by atoms with E-state index in [1.54, 1.807) is 18.2 Å². The van der Waals surface area contributed by atoms with Gasteiger partial charge in [-0.1, -0.05) is 61.0 Å². The summed E-state index contributed by atoms with van der Waals surface area (Å²) < 4.78 is 12.5. The summed E-state index contributed by atoms with van der Waals surface area (Å²) in [7, 11) is -0.157. The third kappa shape index (κ3) is 5.96. The minimum absolute atomic E-state index is 0.119. The van der Waals surface area contributed by atoms with E-state index in [0.717, 1.165) is 28.7 Å². The SMILES string of the molecule is CCC1=C2[C@@H](CC/C(=C/c3cc(I)c(O)c(OC)c3)c3ccccc3)OC[C@@H]2[C@@H]2C(=O)N(c3cccc(B(O)O)c3)C(=O)[C@@H]2C1. The van der Waals surface area contributed by atoms with Crippen LogP contribution >= 0.6 is 22.6 Å². The first-order valence-corrected chi connectivity index (χ1v) is 16.3. The lowest BCUT2D eigenvalue weighted by molar-refractivity contribution is -0.122. The van der Waals surface area contributed by atoms with Crippen molar-refractivity contribution in [2.24, 2.45) is 17.8 Å². The topological polar surface area (TPSA) is 117 Å². The van der Waals surface area contributed by atoms with Gasteiger partial charge in [-0.15, -0.1) is 0 Å². The van der Waals surface area contributed by atoms with Gasteiger partial charge in [0.2, 0.25) is 11.8 Å². The fourth-order valence-electron chi connectivity index (χ4n) is 7.16. The number of allylic oxidation sites excluding steroid dienone is 2. The van der Waals surface area contributed by atoms with Crippen molar-refractivity contribution in [3.05, 3.63) is 92.6 Å². The van der Waals surface area contributed by atoms with Crippen molar-refractivity contribution in [1.82, 2.24) is 0 Å². The molecule has 0 unspecified atom stereocenters. The van der Waals surface area contributed by atoms with Crippen LogP contribution in [0.1, 0.15) is 43.7 Å². The Morgan fingerprint density at radius 2 is 1.84 bits per heavy atom. The number of carbonyl (C=O) groups is 2. The normalized spacial score (nSPS) is 23.0. The minimum atomic E-state index is -1.70. The van der Waals surface area contributed by atoms with Crippen LogP contribution in [0.5, 0.6) is 11.5 Å². The van der Waals surface area contributed by atoms with E-state index >= 15 is 0 Å². The van der Waals surface area contributed by atoms with Crippen LogP contribution in [-0.4, -0.2) is 53.9 Å². The van der Waals surface area contributed by atoms with E-state index < -0.39 is 19.0 Å². The molecule has 1 aliphatic carbocycles. The van der Waals surface area contributed by atoms with Gasteiger partial charge in [-0.3, -0.25) is 14.5 Å². The average molecular weight is 719 g/mol. The molecular weight excluding hydrogens is 684 g/mol. The number of phenols is 1. The standard InChI is InChI=1S/C35H35BINO7/c1-3-21-17-26-32(35(41)38(34(26)40)25-11-7-10-24(18-25)36(42)43)27-19-45-29(31(21)27)13-12-23(22-8-5-4-6-9-22)14-20-15-28(37)33(39)30(16-20)44-2/h4-11,14-16,18,26-27,29,32,39,42-43H,3,12-13,17,19H2,1-2H3/b23-14-/t26-,27+,29-,32-/m1/s1. The number of hydrogen-bond donors (Lipinski definition) is 3. The number of carbonyl (C=O) groups excluding carboxylic acids is 2. The molecule has 4 atom stereocenters. The Hall–Kier alpha value is -3.45. The van der Waals surface area contributed by atoms with Crippen molar-refractivity contribution < 1.29 is 34.2 Å². The van der Waals surface area contributed by atoms with Crippen molar-refractivity contribution >= 4 is 64.3 Å². The fraction of sp³-hybridized carbons (Fsp3) is 0.314. The van der Waals surface area contributed by atoms with Gasteiger partial charge in [0, 0.05) is 5.92 Å². The van der Waals surface area contributed by atoms with Crippen LogP contribution in [0.3, 0.4) is 0 Å². The highest BCUT2D eigenvalue weighted by atomic mass is 127. The number of ether oxygens (including phenoxy) is 2. The second-order valence-electron chi connectivity index (χ2n) is 11.8. The van der Waals surface area contributed by atoms with E-state index in [2.05, 4.69) is 47.7 Å². The van der Waals surface area contributed by atoms with Crippen LogP contribution in [0.4, 0.5) is 5.69 Å². The number of hydrogen-bond acceptors (Lipinski definition) is 7. The number of imide groups is 1. The summed E-state index contributed by atoms with van der Waals surface area (Å²) in [4.78, 5) is 28.8. The highest BCUT2D eigenvalue weighted by Gasteiger charge is 2.57. The number of aromatic hydroxyl groups is 1. The summed E-state index contributed by atoms with van der Waals surface area (Å²) in [5.74, 6) is -1.10. The van der Waals surface area contributed by atoms with Gasteiger partial charge in [0.15, 0.2) is 11.5 Å². The van der Waals surface area contributed by atoms with E-state index in [-0.39, 0.29) is 35.0 Å². The minimum Gasteiger partial charge on any atom is -0.504 e. The van der Waals surface area contributed by atoms with E-state index in [0.29, 0.717) is 40.9 Å². The molecule has 3 N–H and O–H groups in total. The number of methoxy groups -OCH3 is 1. The Balaban J connectivity index is 1.27. The molecular formula is C35H35BINO7. The molecule has 2 heterocycles. The molecule has 2 aliphatic heterocycles. The molecule has 8 nitrogen and oxygen atoms in total. The number of nitrogens with zero attached hydrogens (tertiary/aromatic N) is 1. The van der Waals surface area contributed by atoms with Gasteiger partial charge < -0.3 is 24.6 Å². The summed E-state index contributed by atoms with van der Waals surface area (Å²) in [6.45, 7) is 2.47. The largest absolute Gasteiger partial charge is 0.504 e. The lowest BCUT2D eigenvalue weighted by atomic mass is 9.69. The van der Waals surface area contributed by atoms with Gasteiger partial charge in [0.25, 0.3) is 0 Å². The molecule has 6 rings (SSSR count). The van der Waals surface area contributed by atoms with Crippen LogP contribution in [0.25, 0.3) is 11.6 Å². The Bertz CT molecular complexity index is 1690. The zero-order valence-electron chi connectivity index (χ0n) is 25.2. The van der Waals surface area contributed by atoms with Crippen molar-refractivity contribution in [2.75, 3.05) is 18.6 Å². The van der Waals surface area contributed by atoms with Crippen LogP contribution in [0, 0.1) is 21.3 Å². The quantitative estimate of drug-likeness (QED) is 0.0945. The summed E-state index contributed by atoms with van der Waals surface area (Å²) in [5, 5.41) is 29.7. The summed E-state index contributed by atoms with van der Waals surface area (Å²) in [5.41, 5.74) is 6.05. The maximum absolute atomic E-state index is 13.9. The van der Waals surface area contributed by atoms with Crippen molar-refractivity contribution in [3.63, 3.8) is 0 Å². The Morgan fingerprint density at radius 3 is 2.56 bits per heavy atom. The highest BCUT2D eigenvalue weighted by molar-refractivity contribution is 14.1. The Kier molecular flexibility index (Phi) is 9.19. The molecule has 0 saturated carbocycles. The van der Waals surface area contributed by atoms with Crippen LogP contribution in [0.15, 0.2) is 77.9 Å². The van der Waals surface area contributed by atoms with Crippen LogP contribution in [0.2, 0.25) is 0 Å². The summed E-state index contributed by atoms with van der Waals surface area (Å²) in [6.07, 6.45) is 4.66. The van der Waals surface area contributed by atoms with Crippen LogP contribution < -0.4 is 15.1 Å². The lowest BCUT2D eigenvalue weighted by Crippen LogP contribution is -2.35. The molecule has 2 fully saturated rings. The van der Waals surface area contributed by atoms with E-state index in [4.69, 9.17) is 9.47 Å². The smallest absolute Gasteiger partial charge is 0.488 e. The highest BCUT2D eigenvalue weighted by Crippen LogP contribution is 2.51. The fourth-order valence-corrected chi connectivity index (χ4v) is 7.79.